The number of piperidine rings is 1. The molecule has 1 amide bonds. The predicted molar refractivity (Wildman–Crippen MR) is 107 cm³/mol. The van der Waals surface area contributed by atoms with Gasteiger partial charge in [0.1, 0.15) is 17.4 Å². The minimum atomic E-state index is -0.468. The zero-order chi connectivity index (χ0) is 20.2. The van der Waals surface area contributed by atoms with Crippen molar-refractivity contribution in [2.24, 2.45) is 0 Å². The highest BCUT2D eigenvalue weighted by atomic mass is 19.1. The number of nitrogens with one attached hydrogen (secondary N) is 2. The zero-order valence-electron chi connectivity index (χ0n) is 16.1. The van der Waals surface area contributed by atoms with Crippen LogP contribution in [0, 0.1) is 5.82 Å². The maximum Gasteiger partial charge on any atom is 0.220 e. The molecule has 1 aromatic carbocycles. The summed E-state index contributed by atoms with van der Waals surface area (Å²) in [5.74, 6) is 0.958. The molecule has 29 heavy (non-hydrogen) atoms. The van der Waals surface area contributed by atoms with Crippen LogP contribution in [0.1, 0.15) is 30.1 Å². The first-order valence-corrected chi connectivity index (χ1v) is 9.59. The molecule has 1 saturated heterocycles. The van der Waals surface area contributed by atoms with Gasteiger partial charge in [0, 0.05) is 42.7 Å². The van der Waals surface area contributed by atoms with E-state index >= 15 is 0 Å². The summed E-state index contributed by atoms with van der Waals surface area (Å²) >= 11 is 0. The summed E-state index contributed by atoms with van der Waals surface area (Å²) in [6.45, 7) is 0.562. The molecule has 2 atom stereocenters. The van der Waals surface area contributed by atoms with Gasteiger partial charge in [-0.2, -0.15) is 0 Å². The van der Waals surface area contributed by atoms with E-state index in [9.17, 15) is 9.18 Å². The van der Waals surface area contributed by atoms with Crippen molar-refractivity contribution in [2.75, 3.05) is 7.11 Å². The zero-order valence-corrected chi connectivity index (χ0v) is 16.1. The average molecular weight is 394 g/mol. The van der Waals surface area contributed by atoms with E-state index in [2.05, 4.69) is 15.6 Å². The lowest BCUT2D eigenvalue weighted by molar-refractivity contribution is -0.123. The van der Waals surface area contributed by atoms with E-state index in [1.54, 1.807) is 18.3 Å². The number of methoxy groups -OCH3 is 1. The first-order valence-electron chi connectivity index (χ1n) is 9.59. The summed E-state index contributed by atoms with van der Waals surface area (Å²) in [5, 5.41) is 6.43. The molecule has 1 fully saturated rings. The number of hydrogen-bond acceptors (Lipinski definition) is 4. The molecule has 0 radical (unpaired) electrons. The third-order valence-electron chi connectivity index (χ3n) is 5.21. The molecule has 1 aliphatic heterocycles. The molecule has 0 unspecified atom stereocenters. The highest BCUT2D eigenvalue weighted by Gasteiger charge is 2.31. The second-order valence-electron chi connectivity index (χ2n) is 7.02. The summed E-state index contributed by atoms with van der Waals surface area (Å²) in [4.78, 5) is 16.4. The van der Waals surface area contributed by atoms with Gasteiger partial charge < -0.3 is 19.9 Å². The summed E-state index contributed by atoms with van der Waals surface area (Å²) < 4.78 is 21.8. The second kappa shape index (κ2) is 8.45. The molecule has 1 aliphatic rings. The van der Waals surface area contributed by atoms with Crippen molar-refractivity contribution in [3.63, 3.8) is 0 Å². The Morgan fingerprint density at radius 2 is 2.17 bits per heavy atom. The van der Waals surface area contributed by atoms with E-state index in [1.165, 1.54) is 13.2 Å². The lowest BCUT2D eigenvalue weighted by Gasteiger charge is -2.33. The SMILES string of the molecule is COc1ccc(F)c([C@@H]2NC(=O)CC[C@H]2NCc2cccn2-c2ccccn2)c1. The molecule has 2 aromatic heterocycles. The Morgan fingerprint density at radius 3 is 2.97 bits per heavy atom. The van der Waals surface area contributed by atoms with Gasteiger partial charge in [-0.15, -0.1) is 0 Å². The van der Waals surface area contributed by atoms with Gasteiger partial charge >= 0.3 is 0 Å². The van der Waals surface area contributed by atoms with Crippen LogP contribution in [-0.4, -0.2) is 28.6 Å². The fraction of sp³-hybridized carbons (Fsp3) is 0.273. The summed E-state index contributed by atoms with van der Waals surface area (Å²) in [7, 11) is 1.54. The number of benzene rings is 1. The van der Waals surface area contributed by atoms with E-state index in [0.29, 0.717) is 30.7 Å². The molecule has 3 heterocycles. The molecule has 0 aliphatic carbocycles. The molecule has 0 bridgehead atoms. The van der Waals surface area contributed by atoms with Gasteiger partial charge in [0.15, 0.2) is 0 Å². The van der Waals surface area contributed by atoms with Gasteiger partial charge in [-0.3, -0.25) is 4.79 Å². The number of hydrogen-bond donors (Lipinski definition) is 2. The Labute approximate surface area is 168 Å². The maximum atomic E-state index is 14.5. The smallest absolute Gasteiger partial charge is 0.220 e. The number of carbonyl (C=O) groups is 1. The van der Waals surface area contributed by atoms with Crippen LogP contribution in [-0.2, 0) is 11.3 Å². The van der Waals surface area contributed by atoms with Gasteiger partial charge in [-0.25, -0.2) is 9.37 Å². The number of rotatable bonds is 6. The Balaban J connectivity index is 1.55. The molecule has 150 valence electrons. The fourth-order valence-electron chi connectivity index (χ4n) is 3.72. The number of amides is 1. The summed E-state index contributed by atoms with van der Waals surface area (Å²) in [6, 6.07) is 13.8. The van der Waals surface area contributed by atoms with Gasteiger partial charge in [0.05, 0.1) is 13.2 Å². The van der Waals surface area contributed by atoms with Crippen molar-refractivity contribution < 1.29 is 13.9 Å². The van der Waals surface area contributed by atoms with Crippen LogP contribution in [0.5, 0.6) is 5.75 Å². The number of nitrogens with zero attached hydrogens (tertiary/aromatic N) is 2. The number of ether oxygens (including phenoxy) is 1. The van der Waals surface area contributed by atoms with E-state index in [-0.39, 0.29) is 17.8 Å². The standard InChI is InChI=1S/C22H23FN4O2/c1-29-16-7-8-18(23)17(13-16)22-19(9-10-21(28)26-22)25-14-15-5-4-12-27(15)20-6-2-3-11-24-20/h2-8,11-13,19,22,25H,9-10,14H2,1H3,(H,26,28)/t19-,22+/m1/s1. The van der Waals surface area contributed by atoms with Crippen molar-refractivity contribution in [3.05, 3.63) is 78.0 Å². The van der Waals surface area contributed by atoms with Crippen LogP contribution < -0.4 is 15.4 Å². The molecular formula is C22H23FN4O2. The van der Waals surface area contributed by atoms with Crippen molar-refractivity contribution in [1.29, 1.82) is 0 Å². The van der Waals surface area contributed by atoms with Crippen LogP contribution >= 0.6 is 0 Å². The number of halogens is 1. The predicted octanol–water partition coefficient (Wildman–Crippen LogP) is 3.13. The van der Waals surface area contributed by atoms with Gasteiger partial charge in [-0.05, 0) is 48.9 Å². The van der Waals surface area contributed by atoms with Crippen LogP contribution in [0.2, 0.25) is 0 Å². The number of carbonyl (C=O) groups excluding carboxylic acids is 1. The summed E-state index contributed by atoms with van der Waals surface area (Å²) in [5.41, 5.74) is 1.46. The Morgan fingerprint density at radius 1 is 1.28 bits per heavy atom. The van der Waals surface area contributed by atoms with E-state index < -0.39 is 6.04 Å². The minimum Gasteiger partial charge on any atom is -0.497 e. The van der Waals surface area contributed by atoms with Gasteiger partial charge in [0.25, 0.3) is 0 Å². The minimum absolute atomic E-state index is 0.0767. The average Bonchev–Trinajstić information content (AvgIpc) is 3.22. The number of pyridine rings is 1. The highest BCUT2D eigenvalue weighted by Crippen LogP contribution is 2.29. The Bertz CT molecular complexity index is 989. The molecule has 7 heteroatoms. The van der Waals surface area contributed by atoms with Gasteiger partial charge in [0.2, 0.25) is 5.91 Å². The summed E-state index contributed by atoms with van der Waals surface area (Å²) in [6.07, 6.45) is 4.74. The van der Waals surface area contributed by atoms with E-state index in [0.717, 1.165) is 11.5 Å². The third kappa shape index (κ3) is 4.14. The molecule has 4 rings (SSSR count). The van der Waals surface area contributed by atoms with Crippen LogP contribution in [0.25, 0.3) is 5.82 Å². The van der Waals surface area contributed by atoms with Crippen molar-refractivity contribution >= 4 is 5.91 Å². The molecule has 6 nitrogen and oxygen atoms in total. The van der Waals surface area contributed by atoms with Crippen molar-refractivity contribution in [1.82, 2.24) is 20.2 Å². The maximum absolute atomic E-state index is 14.5. The third-order valence-corrected chi connectivity index (χ3v) is 5.21. The Hall–Kier alpha value is -3.19. The quantitative estimate of drug-likeness (QED) is 0.674. The first kappa shape index (κ1) is 19.1. The lowest BCUT2D eigenvalue weighted by atomic mass is 9.91. The molecule has 0 saturated carbocycles. The first-order chi connectivity index (χ1) is 14.2. The molecular weight excluding hydrogens is 371 g/mol. The molecule has 3 aromatic rings. The fourth-order valence-corrected chi connectivity index (χ4v) is 3.72. The van der Waals surface area contributed by atoms with E-state index in [1.807, 2.05) is 41.1 Å². The Kier molecular flexibility index (Phi) is 5.57. The topological polar surface area (TPSA) is 68.2 Å². The number of aromatic nitrogens is 2. The van der Waals surface area contributed by atoms with Crippen LogP contribution in [0.3, 0.4) is 0 Å². The van der Waals surface area contributed by atoms with Gasteiger partial charge in [-0.1, -0.05) is 6.07 Å². The van der Waals surface area contributed by atoms with Crippen LogP contribution in [0.15, 0.2) is 60.9 Å². The molecule has 2 N–H and O–H groups in total. The monoisotopic (exact) mass is 394 g/mol. The highest BCUT2D eigenvalue weighted by molar-refractivity contribution is 5.77. The largest absolute Gasteiger partial charge is 0.497 e. The van der Waals surface area contributed by atoms with Crippen molar-refractivity contribution in [2.45, 2.75) is 31.5 Å². The van der Waals surface area contributed by atoms with Crippen molar-refractivity contribution in [3.8, 4) is 11.6 Å². The lowest BCUT2D eigenvalue weighted by Crippen LogP contribution is -2.48. The molecule has 0 spiro atoms. The van der Waals surface area contributed by atoms with Crippen LogP contribution in [0.4, 0.5) is 4.39 Å². The van der Waals surface area contributed by atoms with E-state index in [4.69, 9.17) is 4.74 Å². The second-order valence-corrected chi connectivity index (χ2v) is 7.02. The normalized spacial score (nSPS) is 19.0.